The predicted molar refractivity (Wildman–Crippen MR) is 151 cm³/mol. The lowest BCUT2D eigenvalue weighted by atomic mass is 10.1. The molecule has 0 aliphatic heterocycles. The molecule has 2 aromatic heterocycles. The molecule has 5 rings (SSSR count). The number of anilines is 3. The molecule has 0 unspecified atom stereocenters. The Labute approximate surface area is 240 Å². The van der Waals surface area contributed by atoms with Gasteiger partial charge in [-0.25, -0.2) is 14.2 Å². The van der Waals surface area contributed by atoms with Crippen LogP contribution in [0.1, 0.15) is 55.4 Å². The Bertz CT molecular complexity index is 2000. The molecule has 7 N–H and O–H groups in total. The largest absolute Gasteiger partial charge is 0.492 e. The summed E-state index contributed by atoms with van der Waals surface area (Å²) in [7, 11) is 0. The normalized spacial score (nSPS) is 11.8. The summed E-state index contributed by atoms with van der Waals surface area (Å²) in [6.45, 7) is 1.56. The van der Waals surface area contributed by atoms with Gasteiger partial charge in [0.05, 0.1) is 23.5 Å². The number of nitrogens with two attached hydrogens (primary N) is 1. The first-order valence-corrected chi connectivity index (χ1v) is 12.6. The number of halogens is 1. The molecule has 2 amide bonds. The third-order valence-electron chi connectivity index (χ3n) is 6.59. The SMILES string of the molecule is C[C@H](NC(=O)c1cc(C(=O)NCc2ccc(F)c(Nc3c(N)c(=O)c3=O)c2)nc2nc(O)cn12)c1ccc(C(=O)O)cc1. The molecule has 0 bridgehead atoms. The zero-order valence-electron chi connectivity index (χ0n) is 22.2. The fourth-order valence-electron chi connectivity index (χ4n) is 4.23. The van der Waals surface area contributed by atoms with Crippen LogP contribution < -0.4 is 32.5 Å². The van der Waals surface area contributed by atoms with Gasteiger partial charge in [-0.2, -0.15) is 4.98 Å². The minimum Gasteiger partial charge on any atom is -0.492 e. The molecule has 0 fully saturated rings. The number of carbonyl (C=O) groups is 3. The van der Waals surface area contributed by atoms with Gasteiger partial charge in [0.1, 0.15) is 28.6 Å². The zero-order valence-corrected chi connectivity index (χ0v) is 22.2. The molecule has 1 atom stereocenters. The van der Waals surface area contributed by atoms with Gasteiger partial charge < -0.3 is 31.9 Å². The predicted octanol–water partition coefficient (Wildman–Crippen LogP) is 1.61. The van der Waals surface area contributed by atoms with Gasteiger partial charge in [0, 0.05) is 6.54 Å². The van der Waals surface area contributed by atoms with E-state index < -0.39 is 46.4 Å². The number of carboxylic acid groups (broad SMARTS) is 1. The van der Waals surface area contributed by atoms with Crippen molar-refractivity contribution in [3.63, 3.8) is 0 Å². The summed E-state index contributed by atoms with van der Waals surface area (Å²) in [6.07, 6.45) is 1.15. The van der Waals surface area contributed by atoms with Crippen LogP contribution in [-0.4, -0.2) is 42.4 Å². The van der Waals surface area contributed by atoms with Crippen molar-refractivity contribution in [3.8, 4) is 5.88 Å². The molecule has 0 aliphatic carbocycles. The van der Waals surface area contributed by atoms with Crippen LogP contribution in [0.25, 0.3) is 5.78 Å². The van der Waals surface area contributed by atoms with E-state index in [4.69, 9.17) is 10.8 Å². The Morgan fingerprint density at radius 1 is 1.02 bits per heavy atom. The Morgan fingerprint density at radius 2 is 1.74 bits per heavy atom. The van der Waals surface area contributed by atoms with E-state index in [1.807, 2.05) is 0 Å². The molecular weight excluding hydrogens is 565 g/mol. The lowest BCUT2D eigenvalue weighted by Crippen LogP contribution is -2.36. The van der Waals surface area contributed by atoms with Crippen molar-refractivity contribution in [1.82, 2.24) is 25.0 Å². The van der Waals surface area contributed by atoms with Gasteiger partial charge in [0.2, 0.25) is 11.7 Å². The maximum absolute atomic E-state index is 14.3. The maximum atomic E-state index is 14.3. The lowest BCUT2D eigenvalue weighted by molar-refractivity contribution is 0.0696. The number of benzene rings is 2. The smallest absolute Gasteiger partial charge is 0.335 e. The number of carbonyl (C=O) groups excluding carboxylic acids is 2. The standard InChI is InChI=1S/C28H22FN7O7/c1-12(14-3-5-15(6-4-14)27(42)43)32-26(41)19-9-18(34-28-35-20(37)11-36(19)28)25(40)31-10-13-2-7-16(29)17(8-13)33-22-21(30)23(38)24(22)39/h2-9,11-12,33,37H,10,30H2,1H3,(H,31,40)(H,32,41)(H,42,43)/t12-/m0/s1. The zero-order chi connectivity index (χ0) is 31.0. The van der Waals surface area contributed by atoms with Gasteiger partial charge in [-0.1, -0.05) is 18.2 Å². The highest BCUT2D eigenvalue weighted by Gasteiger charge is 2.22. The van der Waals surface area contributed by atoms with Crippen LogP contribution >= 0.6 is 0 Å². The summed E-state index contributed by atoms with van der Waals surface area (Å²) < 4.78 is 15.5. The number of fused-ring (bicyclic) bond motifs is 1. The number of amides is 2. The summed E-state index contributed by atoms with van der Waals surface area (Å²) in [5.74, 6) is -3.74. The number of nitrogens with zero attached hydrogens (tertiary/aromatic N) is 3. The van der Waals surface area contributed by atoms with Gasteiger partial charge in [0.25, 0.3) is 22.7 Å². The molecule has 2 heterocycles. The van der Waals surface area contributed by atoms with Crippen LogP contribution in [0.15, 0.2) is 64.3 Å². The van der Waals surface area contributed by atoms with E-state index in [2.05, 4.69) is 25.9 Å². The van der Waals surface area contributed by atoms with Crippen LogP contribution in [0.2, 0.25) is 0 Å². The molecule has 0 spiro atoms. The quantitative estimate of drug-likeness (QED) is 0.136. The van der Waals surface area contributed by atoms with E-state index >= 15 is 0 Å². The molecule has 14 nitrogen and oxygen atoms in total. The molecule has 0 aliphatic rings. The molecule has 0 radical (unpaired) electrons. The van der Waals surface area contributed by atoms with Crippen LogP contribution in [0, 0.1) is 5.82 Å². The number of imidazole rings is 1. The Morgan fingerprint density at radius 3 is 2.42 bits per heavy atom. The van der Waals surface area contributed by atoms with Gasteiger partial charge >= 0.3 is 5.97 Å². The average molecular weight is 588 g/mol. The maximum Gasteiger partial charge on any atom is 0.335 e. The topological polar surface area (TPSA) is 218 Å². The number of rotatable bonds is 9. The first-order valence-electron chi connectivity index (χ1n) is 12.6. The summed E-state index contributed by atoms with van der Waals surface area (Å²) >= 11 is 0. The number of aromatic carboxylic acids is 1. The van der Waals surface area contributed by atoms with E-state index in [-0.39, 0.29) is 46.3 Å². The highest BCUT2D eigenvalue weighted by Crippen LogP contribution is 2.23. The number of nitrogen functional groups attached to an aromatic ring is 1. The average Bonchev–Trinajstić information content (AvgIpc) is 3.38. The Hall–Kier alpha value is -6.12. The molecule has 0 saturated heterocycles. The second kappa shape index (κ2) is 11.0. The summed E-state index contributed by atoms with van der Waals surface area (Å²) in [6, 6.07) is 10.4. The summed E-state index contributed by atoms with van der Waals surface area (Å²) in [4.78, 5) is 68.3. The highest BCUT2D eigenvalue weighted by atomic mass is 19.1. The first kappa shape index (κ1) is 28.4. The molecule has 5 aromatic rings. The van der Waals surface area contributed by atoms with Crippen molar-refractivity contribution >= 4 is 40.6 Å². The highest BCUT2D eigenvalue weighted by molar-refractivity contribution is 5.98. The second-order valence-electron chi connectivity index (χ2n) is 9.49. The minimum atomic E-state index is -1.09. The van der Waals surface area contributed by atoms with Crippen molar-refractivity contribution in [3.05, 3.63) is 109 Å². The monoisotopic (exact) mass is 587 g/mol. The van der Waals surface area contributed by atoms with E-state index in [0.717, 1.165) is 12.3 Å². The molecule has 3 aromatic carbocycles. The van der Waals surface area contributed by atoms with Crippen molar-refractivity contribution in [2.45, 2.75) is 19.5 Å². The van der Waals surface area contributed by atoms with Crippen LogP contribution in [0.5, 0.6) is 5.88 Å². The number of hydrogen-bond donors (Lipinski definition) is 6. The minimum absolute atomic E-state index is 0.0733. The first-order chi connectivity index (χ1) is 20.4. The summed E-state index contributed by atoms with van der Waals surface area (Å²) in [5, 5.41) is 26.9. The number of aromatic hydroxyl groups is 1. The molecule has 15 heteroatoms. The van der Waals surface area contributed by atoms with Crippen LogP contribution in [0.4, 0.5) is 21.5 Å². The van der Waals surface area contributed by atoms with E-state index in [0.29, 0.717) is 11.1 Å². The van der Waals surface area contributed by atoms with E-state index in [1.165, 1.54) is 34.7 Å². The Balaban J connectivity index is 1.33. The number of carboxylic acids is 1. The molecule has 43 heavy (non-hydrogen) atoms. The Kier molecular flexibility index (Phi) is 7.29. The van der Waals surface area contributed by atoms with Gasteiger partial charge in [-0.15, -0.1) is 0 Å². The molecule has 218 valence electrons. The van der Waals surface area contributed by atoms with E-state index in [1.54, 1.807) is 19.1 Å². The van der Waals surface area contributed by atoms with Gasteiger partial charge in [-0.05, 0) is 48.4 Å². The molecular formula is C28H22FN7O7. The van der Waals surface area contributed by atoms with Crippen LogP contribution in [0.3, 0.4) is 0 Å². The van der Waals surface area contributed by atoms with E-state index in [9.17, 15) is 33.5 Å². The van der Waals surface area contributed by atoms with Gasteiger partial charge in [0.15, 0.2) is 0 Å². The fraction of sp³-hybridized carbons (Fsp3) is 0.107. The summed E-state index contributed by atoms with van der Waals surface area (Å²) in [5.41, 5.74) is 3.94. The van der Waals surface area contributed by atoms with Crippen molar-refractivity contribution in [2.24, 2.45) is 0 Å². The number of nitrogens with one attached hydrogen (secondary N) is 3. The third kappa shape index (κ3) is 5.58. The van der Waals surface area contributed by atoms with Crippen molar-refractivity contribution < 1.29 is 29.0 Å². The van der Waals surface area contributed by atoms with Crippen molar-refractivity contribution in [2.75, 3.05) is 11.1 Å². The number of aromatic nitrogens is 3. The third-order valence-corrected chi connectivity index (χ3v) is 6.59. The van der Waals surface area contributed by atoms with Gasteiger partial charge in [-0.3, -0.25) is 23.6 Å². The van der Waals surface area contributed by atoms with Crippen LogP contribution in [-0.2, 0) is 6.54 Å². The number of hydrogen-bond acceptors (Lipinski definition) is 10. The fourth-order valence-corrected chi connectivity index (χ4v) is 4.23. The lowest BCUT2D eigenvalue weighted by Gasteiger charge is -2.16. The van der Waals surface area contributed by atoms with Crippen molar-refractivity contribution in [1.29, 1.82) is 0 Å². The second-order valence-corrected chi connectivity index (χ2v) is 9.49. The molecule has 0 saturated carbocycles.